The molecule has 1 nitrogen and oxygen atoms in total. The molecule has 0 spiro atoms. The van der Waals surface area contributed by atoms with Crippen molar-refractivity contribution in [1.82, 2.24) is 0 Å². The highest BCUT2D eigenvalue weighted by molar-refractivity contribution is 6.34. The van der Waals surface area contributed by atoms with Crippen LogP contribution in [0.1, 0.15) is 24.8 Å². The third-order valence-corrected chi connectivity index (χ3v) is 3.52. The Bertz CT molecular complexity index is 319. The molecule has 1 saturated carbocycles. The maximum absolute atomic E-state index is 9.39. The van der Waals surface area contributed by atoms with E-state index in [0.717, 1.165) is 18.4 Å². The number of hydrogen-bond acceptors (Lipinski definition) is 1. The van der Waals surface area contributed by atoms with Crippen molar-refractivity contribution < 1.29 is 5.11 Å². The number of benzene rings is 1. The van der Waals surface area contributed by atoms with E-state index >= 15 is 0 Å². The van der Waals surface area contributed by atoms with Crippen LogP contribution in [0.25, 0.3) is 0 Å². The summed E-state index contributed by atoms with van der Waals surface area (Å²) in [7, 11) is 0. The first kappa shape index (κ1) is 10.3. The van der Waals surface area contributed by atoms with E-state index in [2.05, 4.69) is 0 Å². The second-order valence-corrected chi connectivity index (χ2v) is 4.82. The van der Waals surface area contributed by atoms with Gasteiger partial charge in [-0.2, -0.15) is 0 Å². The largest absolute Gasteiger partial charge is 0.395 e. The zero-order valence-corrected chi connectivity index (χ0v) is 9.28. The molecular formula is C11H12Cl2O. The van der Waals surface area contributed by atoms with Gasteiger partial charge in [0, 0.05) is 15.5 Å². The van der Waals surface area contributed by atoms with Crippen LogP contribution in [-0.4, -0.2) is 11.7 Å². The van der Waals surface area contributed by atoms with Gasteiger partial charge in [-0.1, -0.05) is 29.6 Å². The Hall–Kier alpha value is -0.240. The molecule has 1 fully saturated rings. The van der Waals surface area contributed by atoms with Crippen LogP contribution in [0.2, 0.25) is 10.0 Å². The van der Waals surface area contributed by atoms with Gasteiger partial charge in [-0.25, -0.2) is 0 Å². The van der Waals surface area contributed by atoms with Gasteiger partial charge in [0.15, 0.2) is 0 Å². The standard InChI is InChI=1S/C11H12Cl2O/c12-9-4-8(5-10(13)6-9)11(7-14)2-1-3-11/h4-6,14H,1-3,7H2. The van der Waals surface area contributed by atoms with Crippen molar-refractivity contribution >= 4 is 23.2 Å². The molecule has 0 aliphatic heterocycles. The van der Waals surface area contributed by atoms with Crippen LogP contribution in [0.5, 0.6) is 0 Å². The maximum atomic E-state index is 9.39. The van der Waals surface area contributed by atoms with Crippen LogP contribution in [0.4, 0.5) is 0 Å². The van der Waals surface area contributed by atoms with Crippen LogP contribution in [-0.2, 0) is 5.41 Å². The molecule has 1 aliphatic carbocycles. The van der Waals surface area contributed by atoms with E-state index in [1.807, 2.05) is 12.1 Å². The fraction of sp³-hybridized carbons (Fsp3) is 0.455. The average molecular weight is 231 g/mol. The molecule has 3 heteroatoms. The third kappa shape index (κ3) is 1.65. The first-order chi connectivity index (χ1) is 6.66. The highest BCUT2D eigenvalue weighted by Crippen LogP contribution is 2.44. The Kier molecular flexibility index (Phi) is 2.74. The normalized spacial score (nSPS) is 19.1. The zero-order valence-electron chi connectivity index (χ0n) is 7.76. The molecule has 0 bridgehead atoms. The molecule has 1 N–H and O–H groups in total. The smallest absolute Gasteiger partial charge is 0.0527 e. The quantitative estimate of drug-likeness (QED) is 0.826. The minimum absolute atomic E-state index is 0.0749. The summed E-state index contributed by atoms with van der Waals surface area (Å²) in [5, 5.41) is 10.7. The summed E-state index contributed by atoms with van der Waals surface area (Å²) >= 11 is 11.9. The minimum atomic E-state index is -0.0749. The van der Waals surface area contributed by atoms with E-state index in [0.29, 0.717) is 10.0 Å². The summed E-state index contributed by atoms with van der Waals surface area (Å²) in [6.45, 7) is 0.184. The topological polar surface area (TPSA) is 20.2 Å². The molecule has 0 amide bonds. The fourth-order valence-electron chi connectivity index (χ4n) is 2.00. The summed E-state index contributed by atoms with van der Waals surface area (Å²) in [6.07, 6.45) is 3.23. The Balaban J connectivity index is 2.39. The maximum Gasteiger partial charge on any atom is 0.0527 e. The van der Waals surface area contributed by atoms with Crippen molar-refractivity contribution in [3.05, 3.63) is 33.8 Å². The summed E-state index contributed by atoms with van der Waals surface area (Å²) in [6, 6.07) is 5.53. The number of hydrogen-bond donors (Lipinski definition) is 1. The monoisotopic (exact) mass is 230 g/mol. The van der Waals surface area contributed by atoms with Crippen molar-refractivity contribution in [2.45, 2.75) is 24.7 Å². The van der Waals surface area contributed by atoms with Gasteiger partial charge in [0.25, 0.3) is 0 Å². The predicted molar refractivity (Wildman–Crippen MR) is 59.1 cm³/mol. The lowest BCUT2D eigenvalue weighted by atomic mass is 9.65. The van der Waals surface area contributed by atoms with E-state index in [-0.39, 0.29) is 12.0 Å². The van der Waals surface area contributed by atoms with Crippen LogP contribution < -0.4 is 0 Å². The lowest BCUT2D eigenvalue weighted by Crippen LogP contribution is -2.37. The molecule has 0 heterocycles. The molecular weight excluding hydrogens is 219 g/mol. The Labute approximate surface area is 93.7 Å². The third-order valence-electron chi connectivity index (χ3n) is 3.09. The molecule has 2 rings (SSSR count). The summed E-state index contributed by atoms with van der Waals surface area (Å²) < 4.78 is 0. The van der Waals surface area contributed by atoms with Crippen LogP contribution in [0.3, 0.4) is 0 Å². The highest BCUT2D eigenvalue weighted by atomic mass is 35.5. The lowest BCUT2D eigenvalue weighted by molar-refractivity contribution is 0.120. The van der Waals surface area contributed by atoms with Gasteiger partial charge in [-0.05, 0) is 36.6 Å². The number of halogens is 2. The molecule has 14 heavy (non-hydrogen) atoms. The molecule has 0 radical (unpaired) electrons. The Morgan fingerprint density at radius 2 is 1.71 bits per heavy atom. The van der Waals surface area contributed by atoms with Crippen molar-refractivity contribution in [3.8, 4) is 0 Å². The van der Waals surface area contributed by atoms with Crippen molar-refractivity contribution in [1.29, 1.82) is 0 Å². The van der Waals surface area contributed by atoms with Gasteiger partial charge in [0.05, 0.1) is 6.61 Å². The SMILES string of the molecule is OCC1(c2cc(Cl)cc(Cl)c2)CCC1. The van der Waals surface area contributed by atoms with Gasteiger partial charge >= 0.3 is 0 Å². The van der Waals surface area contributed by atoms with Crippen LogP contribution in [0.15, 0.2) is 18.2 Å². The lowest BCUT2D eigenvalue weighted by Gasteiger charge is -2.41. The summed E-state index contributed by atoms with van der Waals surface area (Å²) in [4.78, 5) is 0. The van der Waals surface area contributed by atoms with Gasteiger partial charge in [-0.3, -0.25) is 0 Å². The molecule has 1 aromatic carbocycles. The van der Waals surface area contributed by atoms with E-state index in [1.54, 1.807) is 6.07 Å². The molecule has 0 aromatic heterocycles. The molecule has 0 saturated heterocycles. The Morgan fingerprint density at radius 3 is 2.07 bits per heavy atom. The molecule has 0 atom stereocenters. The average Bonchev–Trinajstić information content (AvgIpc) is 2.01. The zero-order chi connectivity index (χ0) is 10.2. The van der Waals surface area contributed by atoms with Gasteiger partial charge < -0.3 is 5.11 Å². The highest BCUT2D eigenvalue weighted by Gasteiger charge is 2.38. The number of aliphatic hydroxyl groups is 1. The first-order valence-corrected chi connectivity index (χ1v) is 5.49. The number of aliphatic hydroxyl groups excluding tert-OH is 1. The summed E-state index contributed by atoms with van der Waals surface area (Å²) in [5.41, 5.74) is 0.998. The van der Waals surface area contributed by atoms with E-state index in [9.17, 15) is 5.11 Å². The fourth-order valence-corrected chi connectivity index (χ4v) is 2.53. The van der Waals surface area contributed by atoms with Gasteiger partial charge in [-0.15, -0.1) is 0 Å². The van der Waals surface area contributed by atoms with E-state index < -0.39 is 0 Å². The minimum Gasteiger partial charge on any atom is -0.395 e. The van der Waals surface area contributed by atoms with Crippen LogP contribution >= 0.6 is 23.2 Å². The van der Waals surface area contributed by atoms with E-state index in [4.69, 9.17) is 23.2 Å². The van der Waals surface area contributed by atoms with Crippen molar-refractivity contribution in [2.75, 3.05) is 6.61 Å². The van der Waals surface area contributed by atoms with Gasteiger partial charge in [0.1, 0.15) is 0 Å². The van der Waals surface area contributed by atoms with Crippen molar-refractivity contribution in [3.63, 3.8) is 0 Å². The predicted octanol–water partition coefficient (Wildman–Crippen LogP) is 3.41. The number of rotatable bonds is 2. The second-order valence-electron chi connectivity index (χ2n) is 3.95. The first-order valence-electron chi connectivity index (χ1n) is 4.74. The molecule has 1 aromatic rings. The Morgan fingerprint density at radius 1 is 1.14 bits per heavy atom. The molecule has 1 aliphatic rings. The van der Waals surface area contributed by atoms with E-state index in [1.165, 1.54) is 6.42 Å². The van der Waals surface area contributed by atoms with Crippen molar-refractivity contribution in [2.24, 2.45) is 0 Å². The van der Waals surface area contributed by atoms with Gasteiger partial charge in [0.2, 0.25) is 0 Å². The molecule has 0 unspecified atom stereocenters. The van der Waals surface area contributed by atoms with Crippen LogP contribution in [0, 0.1) is 0 Å². The molecule has 76 valence electrons. The second kappa shape index (κ2) is 3.73. The summed E-state index contributed by atoms with van der Waals surface area (Å²) in [5.74, 6) is 0.